The molecule has 1 aliphatic heterocycles. The van der Waals surface area contributed by atoms with Crippen LogP contribution in [0.15, 0.2) is 48.5 Å². The summed E-state index contributed by atoms with van der Waals surface area (Å²) in [6, 6.07) is 11.8. The Hall–Kier alpha value is -3.68. The van der Waals surface area contributed by atoms with Crippen LogP contribution in [0.4, 0.5) is 11.4 Å². The summed E-state index contributed by atoms with van der Waals surface area (Å²) in [5, 5.41) is 14.8. The Bertz CT molecular complexity index is 1040. The van der Waals surface area contributed by atoms with Gasteiger partial charge in [0.25, 0.3) is 5.91 Å². The van der Waals surface area contributed by atoms with Gasteiger partial charge in [-0.1, -0.05) is 44.2 Å². The second kappa shape index (κ2) is 9.64. The molecule has 2 aromatic rings. The first-order valence-electron chi connectivity index (χ1n) is 10.5. The number of carbonyl (C=O) groups excluding carboxylic acids is 3. The van der Waals surface area contributed by atoms with Crippen LogP contribution in [0.1, 0.15) is 43.1 Å². The number of hydrogen-bond donors (Lipinski definition) is 3. The molecular formula is C24H27N3O5. The number of aliphatic carboxylic acids is 1. The minimum Gasteiger partial charge on any atom is -0.480 e. The number of anilines is 2. The Morgan fingerprint density at radius 2 is 1.81 bits per heavy atom. The Balaban J connectivity index is 1.83. The van der Waals surface area contributed by atoms with Gasteiger partial charge in [-0.05, 0) is 36.6 Å². The van der Waals surface area contributed by atoms with Crippen molar-refractivity contribution in [3.8, 4) is 0 Å². The van der Waals surface area contributed by atoms with Crippen LogP contribution in [-0.2, 0) is 20.8 Å². The molecule has 0 fully saturated rings. The number of hydrogen-bond acceptors (Lipinski definition) is 4. The summed E-state index contributed by atoms with van der Waals surface area (Å²) in [4.78, 5) is 51.1. The maximum absolute atomic E-state index is 12.8. The molecule has 0 aromatic heterocycles. The van der Waals surface area contributed by atoms with E-state index in [0.29, 0.717) is 17.8 Å². The maximum atomic E-state index is 12.8. The summed E-state index contributed by atoms with van der Waals surface area (Å²) in [5.74, 6) is -2.11. The van der Waals surface area contributed by atoms with Crippen molar-refractivity contribution < 1.29 is 24.3 Å². The molecule has 168 valence electrons. The fraction of sp³-hybridized carbons (Fsp3) is 0.333. The predicted molar refractivity (Wildman–Crippen MR) is 121 cm³/mol. The topological polar surface area (TPSA) is 116 Å². The normalized spacial score (nSPS) is 16.2. The largest absolute Gasteiger partial charge is 0.480 e. The number of nitrogens with one attached hydrogen (secondary N) is 2. The maximum Gasteiger partial charge on any atom is 0.326 e. The van der Waals surface area contributed by atoms with Crippen molar-refractivity contribution in [2.24, 2.45) is 5.92 Å². The first kappa shape index (κ1) is 23.0. The van der Waals surface area contributed by atoms with Gasteiger partial charge in [0.1, 0.15) is 12.1 Å². The van der Waals surface area contributed by atoms with E-state index in [-0.39, 0.29) is 29.7 Å². The summed E-state index contributed by atoms with van der Waals surface area (Å²) in [5.41, 5.74) is 1.83. The Labute approximate surface area is 186 Å². The number of carboxylic acids is 1. The van der Waals surface area contributed by atoms with Crippen molar-refractivity contribution in [1.29, 1.82) is 0 Å². The molecule has 3 rings (SSSR count). The van der Waals surface area contributed by atoms with Gasteiger partial charge in [0, 0.05) is 18.4 Å². The van der Waals surface area contributed by atoms with Crippen molar-refractivity contribution in [3.63, 3.8) is 0 Å². The van der Waals surface area contributed by atoms with Crippen LogP contribution in [0.2, 0.25) is 0 Å². The van der Waals surface area contributed by atoms with Gasteiger partial charge >= 0.3 is 5.97 Å². The van der Waals surface area contributed by atoms with E-state index in [2.05, 4.69) is 10.6 Å². The SMILES string of the molecule is CC(C)CC(=O)N1c2ccc(C(=O)NC(Cc3ccccc3)C(=O)O)cc2NC(=O)C1C. The van der Waals surface area contributed by atoms with Crippen LogP contribution < -0.4 is 15.5 Å². The van der Waals surface area contributed by atoms with Crippen molar-refractivity contribution in [3.05, 3.63) is 59.7 Å². The molecule has 2 unspecified atom stereocenters. The minimum absolute atomic E-state index is 0.130. The average Bonchev–Trinajstić information content (AvgIpc) is 2.73. The number of fused-ring (bicyclic) bond motifs is 1. The van der Waals surface area contributed by atoms with Gasteiger partial charge in [-0.25, -0.2) is 4.79 Å². The standard InChI is InChI=1S/C24H27N3O5/c1-14(2)11-21(28)27-15(3)22(29)25-18-13-17(9-10-20(18)27)23(30)26-19(24(31)32)12-16-7-5-4-6-8-16/h4-10,13-15,19H,11-12H2,1-3H3,(H,25,29)(H,26,30)(H,31,32). The quantitative estimate of drug-likeness (QED) is 0.616. The van der Waals surface area contributed by atoms with Crippen LogP contribution >= 0.6 is 0 Å². The molecule has 8 heteroatoms. The fourth-order valence-electron chi connectivity index (χ4n) is 3.64. The molecule has 1 aliphatic rings. The Kier molecular flexibility index (Phi) is 6.92. The smallest absolute Gasteiger partial charge is 0.326 e. The molecule has 1 heterocycles. The van der Waals surface area contributed by atoms with Crippen molar-refractivity contribution in [1.82, 2.24) is 5.32 Å². The van der Waals surface area contributed by atoms with Gasteiger partial charge in [-0.15, -0.1) is 0 Å². The second-order valence-corrected chi connectivity index (χ2v) is 8.31. The van der Waals surface area contributed by atoms with E-state index in [9.17, 15) is 24.3 Å². The van der Waals surface area contributed by atoms with E-state index < -0.39 is 24.0 Å². The van der Waals surface area contributed by atoms with Gasteiger partial charge in [0.05, 0.1) is 11.4 Å². The number of rotatable bonds is 7. The Morgan fingerprint density at radius 1 is 1.12 bits per heavy atom. The zero-order chi connectivity index (χ0) is 23.4. The zero-order valence-corrected chi connectivity index (χ0v) is 18.3. The van der Waals surface area contributed by atoms with Crippen molar-refractivity contribution in [2.45, 2.75) is 45.7 Å². The highest BCUT2D eigenvalue weighted by Gasteiger charge is 2.34. The second-order valence-electron chi connectivity index (χ2n) is 8.31. The third-order valence-electron chi connectivity index (χ3n) is 5.28. The van der Waals surface area contributed by atoms with E-state index in [1.54, 1.807) is 37.3 Å². The van der Waals surface area contributed by atoms with Crippen LogP contribution in [0, 0.1) is 5.92 Å². The van der Waals surface area contributed by atoms with Crippen molar-refractivity contribution in [2.75, 3.05) is 10.2 Å². The van der Waals surface area contributed by atoms with E-state index >= 15 is 0 Å². The average molecular weight is 437 g/mol. The van der Waals surface area contributed by atoms with Crippen LogP contribution in [-0.4, -0.2) is 40.9 Å². The third kappa shape index (κ3) is 5.14. The van der Waals surface area contributed by atoms with Crippen LogP contribution in [0.5, 0.6) is 0 Å². The van der Waals surface area contributed by atoms with Gasteiger partial charge in [0.15, 0.2) is 0 Å². The third-order valence-corrected chi connectivity index (χ3v) is 5.28. The lowest BCUT2D eigenvalue weighted by atomic mass is 10.0. The van der Waals surface area contributed by atoms with E-state index in [0.717, 1.165) is 5.56 Å². The number of benzene rings is 2. The number of amides is 3. The predicted octanol–water partition coefficient (Wildman–Crippen LogP) is 2.83. The van der Waals surface area contributed by atoms with E-state index in [1.165, 1.54) is 17.0 Å². The lowest BCUT2D eigenvalue weighted by Gasteiger charge is -2.35. The highest BCUT2D eigenvalue weighted by Crippen LogP contribution is 2.34. The van der Waals surface area contributed by atoms with Gasteiger partial charge in [-0.2, -0.15) is 0 Å². The van der Waals surface area contributed by atoms with Gasteiger partial charge < -0.3 is 15.7 Å². The van der Waals surface area contributed by atoms with Gasteiger partial charge in [0.2, 0.25) is 11.8 Å². The number of carbonyl (C=O) groups is 4. The number of carboxylic acid groups (broad SMARTS) is 1. The molecule has 0 aliphatic carbocycles. The first-order valence-corrected chi connectivity index (χ1v) is 10.5. The molecule has 0 bridgehead atoms. The van der Waals surface area contributed by atoms with Gasteiger partial charge in [-0.3, -0.25) is 19.3 Å². The molecule has 8 nitrogen and oxygen atoms in total. The number of nitrogens with zero attached hydrogens (tertiary/aromatic N) is 1. The molecule has 0 saturated carbocycles. The molecular weight excluding hydrogens is 410 g/mol. The molecule has 2 atom stereocenters. The van der Waals surface area contributed by atoms with Crippen LogP contribution in [0.25, 0.3) is 0 Å². The van der Waals surface area contributed by atoms with E-state index in [4.69, 9.17) is 0 Å². The minimum atomic E-state index is -1.15. The molecule has 3 amide bonds. The molecule has 0 saturated heterocycles. The lowest BCUT2D eigenvalue weighted by molar-refractivity contribution is -0.139. The lowest BCUT2D eigenvalue weighted by Crippen LogP contribution is -2.49. The van der Waals surface area contributed by atoms with Crippen LogP contribution in [0.3, 0.4) is 0 Å². The monoisotopic (exact) mass is 437 g/mol. The molecule has 3 N–H and O–H groups in total. The molecule has 32 heavy (non-hydrogen) atoms. The molecule has 0 spiro atoms. The summed E-state index contributed by atoms with van der Waals surface area (Å²) in [6.07, 6.45) is 0.428. The summed E-state index contributed by atoms with van der Waals surface area (Å²) in [7, 11) is 0. The van der Waals surface area contributed by atoms with Crippen molar-refractivity contribution >= 4 is 35.1 Å². The first-order chi connectivity index (χ1) is 15.2. The van der Waals surface area contributed by atoms with E-state index in [1.807, 2.05) is 19.9 Å². The fourth-order valence-corrected chi connectivity index (χ4v) is 3.64. The summed E-state index contributed by atoms with van der Waals surface area (Å²) in [6.45, 7) is 5.50. The molecule has 0 radical (unpaired) electrons. The highest BCUT2D eigenvalue weighted by molar-refractivity contribution is 6.12. The zero-order valence-electron chi connectivity index (χ0n) is 18.3. The summed E-state index contributed by atoms with van der Waals surface area (Å²) >= 11 is 0. The molecule has 2 aromatic carbocycles. The summed E-state index contributed by atoms with van der Waals surface area (Å²) < 4.78 is 0. The highest BCUT2D eigenvalue weighted by atomic mass is 16.4. The Morgan fingerprint density at radius 3 is 2.44 bits per heavy atom.